The third-order valence-corrected chi connectivity index (χ3v) is 0.969. The van der Waals surface area contributed by atoms with Gasteiger partial charge >= 0.3 is 38.7 Å². The molecule has 0 fully saturated rings. The Morgan fingerprint density at radius 1 is 1.54 bits per heavy atom. The summed E-state index contributed by atoms with van der Waals surface area (Å²) >= 11 is 0. The molecule has 0 aromatic carbocycles. The second-order valence-corrected chi connectivity index (χ2v) is 2.67. The van der Waals surface area contributed by atoms with Crippen LogP contribution in [0.4, 0.5) is 13.2 Å². The molecule has 0 aromatic heterocycles. The molecule has 0 saturated heterocycles. The van der Waals surface area contributed by atoms with E-state index in [2.05, 4.69) is 6.58 Å². The van der Waals surface area contributed by atoms with Gasteiger partial charge in [-0.05, 0) is 0 Å². The summed E-state index contributed by atoms with van der Waals surface area (Å²) in [5, 5.41) is 7.51. The Balaban J connectivity index is -0.0000000424. The summed E-state index contributed by atoms with van der Waals surface area (Å²) in [5.74, 6) is 0. The molecule has 0 atom stereocenters. The van der Waals surface area contributed by atoms with Crippen molar-refractivity contribution in [3.63, 3.8) is 0 Å². The van der Waals surface area contributed by atoms with Crippen LogP contribution < -0.4 is 0 Å². The second-order valence-electron chi connectivity index (χ2n) is 1.25. The molecule has 0 aliphatic heterocycles. The van der Waals surface area contributed by atoms with Gasteiger partial charge in [0.1, 0.15) is 0 Å². The van der Waals surface area contributed by atoms with Crippen LogP contribution in [-0.4, -0.2) is 41.5 Å². The van der Waals surface area contributed by atoms with Gasteiger partial charge in [-0.1, -0.05) is 6.58 Å². The number of hydrogen-bond acceptors (Lipinski definition) is 3. The van der Waals surface area contributed by atoms with Crippen LogP contribution in [0.3, 0.4) is 0 Å². The maximum Gasteiger partial charge on any atom is 2.00 e. The molecule has 13 heavy (non-hydrogen) atoms. The normalized spacial score (nSPS) is 9.77. The fraction of sp³-hybridized carbons (Fsp3) is 0.250. The van der Waals surface area contributed by atoms with Crippen molar-refractivity contribution in [2.24, 2.45) is 0 Å². The molecule has 0 spiro atoms. The van der Waals surface area contributed by atoms with Gasteiger partial charge in [-0.25, -0.2) is 0 Å². The molecular formula is C4H6F3MgNO3S. The molecule has 0 aliphatic carbocycles. The van der Waals surface area contributed by atoms with Crippen molar-refractivity contribution >= 4 is 33.2 Å². The smallest absolute Gasteiger partial charge is 1.00 e. The number of halogens is 3. The summed E-state index contributed by atoms with van der Waals surface area (Å²) in [6.45, 7) is 3.12. The van der Waals surface area contributed by atoms with Crippen LogP contribution >= 0.6 is 0 Å². The van der Waals surface area contributed by atoms with E-state index in [-0.39, 0.29) is 25.9 Å². The first-order chi connectivity index (χ1) is 5.16. The van der Waals surface area contributed by atoms with Crippen molar-refractivity contribution in [2.75, 3.05) is 0 Å². The Hall–Kier alpha value is -0.304. The van der Waals surface area contributed by atoms with E-state index in [9.17, 15) is 13.2 Å². The monoisotopic (exact) mass is 229 g/mol. The Morgan fingerprint density at radius 3 is 1.69 bits per heavy atom. The van der Waals surface area contributed by atoms with E-state index in [1.165, 1.54) is 6.08 Å². The topological polar surface area (TPSA) is 78.2 Å². The molecule has 9 heteroatoms. The van der Waals surface area contributed by atoms with Gasteiger partial charge in [-0.15, -0.1) is 0 Å². The molecule has 0 amide bonds. The summed E-state index contributed by atoms with van der Waals surface area (Å²) < 4.78 is 57.5. The van der Waals surface area contributed by atoms with Gasteiger partial charge in [-0.2, -0.15) is 26.9 Å². The summed E-state index contributed by atoms with van der Waals surface area (Å²) in [6.07, 6.45) is 1.18. The van der Waals surface area contributed by atoms with Gasteiger partial charge in [0.25, 0.3) is 0 Å². The van der Waals surface area contributed by atoms with Crippen LogP contribution in [0.25, 0.3) is 0 Å². The fourth-order valence-electron chi connectivity index (χ4n) is 0. The third kappa shape index (κ3) is 11.7. The summed E-state index contributed by atoms with van der Waals surface area (Å²) in [5.41, 5.74) is -5.53. The molecule has 0 bridgehead atoms. The summed E-state index contributed by atoms with van der Waals surface area (Å²) in [6, 6.07) is 1.69. The minimum Gasteiger partial charge on any atom is -1.00 e. The number of nitrogens with zero attached hydrogens (tertiary/aromatic N) is 1. The van der Waals surface area contributed by atoms with Crippen LogP contribution in [0.5, 0.6) is 0 Å². The minimum atomic E-state index is -5.84. The van der Waals surface area contributed by atoms with Gasteiger partial charge in [0.2, 0.25) is 0 Å². The van der Waals surface area contributed by atoms with Crippen LogP contribution in [0.1, 0.15) is 2.85 Å². The minimum absolute atomic E-state index is 0. The average Bonchev–Trinajstić information content (AvgIpc) is 1.84. The van der Waals surface area contributed by atoms with E-state index in [1.54, 1.807) is 6.07 Å². The maximum atomic E-state index is 10.7. The molecule has 0 unspecified atom stereocenters. The Kier molecular flexibility index (Phi) is 10.1. The molecule has 0 rings (SSSR count). The second kappa shape index (κ2) is 7.13. The van der Waals surface area contributed by atoms with Crippen molar-refractivity contribution < 1.29 is 29.0 Å². The van der Waals surface area contributed by atoms with E-state index >= 15 is 0 Å². The number of rotatable bonds is 0. The van der Waals surface area contributed by atoms with E-state index in [4.69, 9.17) is 18.2 Å². The van der Waals surface area contributed by atoms with Crippen molar-refractivity contribution in [1.82, 2.24) is 0 Å². The first-order valence-corrected chi connectivity index (χ1v) is 3.65. The largest absolute Gasteiger partial charge is 2.00 e. The van der Waals surface area contributed by atoms with Gasteiger partial charge in [0, 0.05) is 6.08 Å². The van der Waals surface area contributed by atoms with Gasteiger partial charge in [0.15, 0.2) is 0 Å². The van der Waals surface area contributed by atoms with Crippen LogP contribution in [0, 0.1) is 11.3 Å². The van der Waals surface area contributed by atoms with Gasteiger partial charge in [0.05, 0.1) is 6.07 Å². The molecule has 0 aliphatic rings. The molecule has 0 saturated carbocycles. The molecule has 0 radical (unpaired) electrons. The third-order valence-electron chi connectivity index (χ3n) is 0.384. The SMILES string of the molecule is C=CC#N.O=S(=O)(O)C(F)(F)F.[H-].[H-].[Mg+2]. The number of allylic oxidation sites excluding steroid dienone is 1. The Morgan fingerprint density at radius 2 is 1.69 bits per heavy atom. The fourth-order valence-corrected chi connectivity index (χ4v) is 0. The Labute approximate surface area is 91.9 Å². The van der Waals surface area contributed by atoms with Gasteiger partial charge in [-0.3, -0.25) is 4.55 Å². The van der Waals surface area contributed by atoms with Crippen LogP contribution in [0.2, 0.25) is 0 Å². The summed E-state index contributed by atoms with van der Waals surface area (Å²) in [4.78, 5) is 0. The average molecular weight is 229 g/mol. The molecule has 74 valence electrons. The van der Waals surface area contributed by atoms with Crippen molar-refractivity contribution in [3.8, 4) is 6.07 Å². The zero-order valence-corrected chi connectivity index (χ0v) is 8.48. The van der Waals surface area contributed by atoms with Crippen molar-refractivity contribution in [1.29, 1.82) is 5.26 Å². The predicted molar refractivity (Wildman–Crippen MR) is 41.4 cm³/mol. The number of nitriles is 1. The predicted octanol–water partition coefficient (Wildman–Crippen LogP) is 0.934. The Bertz CT molecular complexity index is 286. The van der Waals surface area contributed by atoms with Crippen molar-refractivity contribution in [2.45, 2.75) is 5.51 Å². The van der Waals surface area contributed by atoms with Crippen molar-refractivity contribution in [3.05, 3.63) is 12.7 Å². The van der Waals surface area contributed by atoms with E-state index in [0.29, 0.717) is 0 Å². The molecule has 4 nitrogen and oxygen atoms in total. The van der Waals surface area contributed by atoms with E-state index < -0.39 is 15.6 Å². The number of hydrogen-bond donors (Lipinski definition) is 1. The number of alkyl halides is 3. The molecular weight excluding hydrogens is 223 g/mol. The summed E-state index contributed by atoms with van der Waals surface area (Å²) in [7, 11) is -5.84. The van der Waals surface area contributed by atoms with Crippen LogP contribution in [0.15, 0.2) is 12.7 Å². The zero-order chi connectivity index (χ0) is 10.4. The zero-order valence-electron chi connectivity index (χ0n) is 8.24. The standard InChI is InChI=1S/C3H3N.CHF3O3S.Mg.2H/c1-2-3-4;2-1(3,4)8(5,6)7;;;/h2H,1H2;(H,5,6,7);;;/q;;+2;2*-1. The molecule has 0 aromatic rings. The quantitative estimate of drug-likeness (QED) is 0.290. The molecule has 1 N–H and O–H groups in total. The first kappa shape index (κ1) is 18.5. The maximum absolute atomic E-state index is 10.7. The van der Waals surface area contributed by atoms with E-state index in [1.807, 2.05) is 0 Å². The molecule has 0 heterocycles. The van der Waals surface area contributed by atoms with Crippen LogP contribution in [-0.2, 0) is 10.1 Å². The van der Waals surface area contributed by atoms with E-state index in [0.717, 1.165) is 0 Å². The first-order valence-electron chi connectivity index (χ1n) is 2.21. The van der Waals surface area contributed by atoms with Gasteiger partial charge < -0.3 is 2.85 Å².